The summed E-state index contributed by atoms with van der Waals surface area (Å²) < 4.78 is 1.98. The quantitative estimate of drug-likeness (QED) is 0.375. The molecule has 1 aromatic rings. The van der Waals surface area contributed by atoms with E-state index in [-0.39, 0.29) is 11.2 Å². The molecule has 0 saturated heterocycles. The first-order valence-electron chi connectivity index (χ1n) is 10.6. The number of hydrogen-bond donors (Lipinski definition) is 1. The third-order valence-electron chi connectivity index (χ3n) is 5.17. The van der Waals surface area contributed by atoms with Gasteiger partial charge in [-0.3, -0.25) is 4.79 Å². The molecule has 0 atom stereocenters. The summed E-state index contributed by atoms with van der Waals surface area (Å²) in [5, 5.41) is 9.67. The molecule has 0 aliphatic carbocycles. The highest BCUT2D eigenvalue weighted by Crippen LogP contribution is 2.14. The Kier molecular flexibility index (Phi) is 12.2. The van der Waals surface area contributed by atoms with E-state index in [0.29, 0.717) is 5.69 Å². The second kappa shape index (κ2) is 14.0. The van der Waals surface area contributed by atoms with Crippen molar-refractivity contribution in [2.24, 2.45) is 0 Å². The molecule has 0 fully saturated rings. The molecule has 0 radical (unpaired) electrons. The fourth-order valence-corrected chi connectivity index (χ4v) is 3.38. The van der Waals surface area contributed by atoms with Gasteiger partial charge in [0.15, 0.2) is 5.75 Å². The number of rotatable bonds is 15. The second-order valence-electron chi connectivity index (χ2n) is 7.40. The van der Waals surface area contributed by atoms with Crippen LogP contribution in [0.25, 0.3) is 0 Å². The highest BCUT2D eigenvalue weighted by molar-refractivity contribution is 5.25. The molecule has 0 aliphatic heterocycles. The molecule has 0 aromatic carbocycles. The van der Waals surface area contributed by atoms with Crippen LogP contribution in [0.15, 0.2) is 17.1 Å². The lowest BCUT2D eigenvalue weighted by molar-refractivity contribution is 0.449. The Morgan fingerprint density at radius 2 is 1.24 bits per heavy atom. The molecule has 1 rings (SSSR count). The van der Waals surface area contributed by atoms with Crippen LogP contribution in [0, 0.1) is 6.92 Å². The molecular weight excluding hydrogens is 310 g/mol. The Morgan fingerprint density at radius 1 is 0.800 bits per heavy atom. The van der Waals surface area contributed by atoms with Crippen LogP contribution in [0.3, 0.4) is 0 Å². The summed E-state index contributed by atoms with van der Waals surface area (Å²) in [5.41, 5.74) is 0.400. The molecule has 0 saturated carbocycles. The van der Waals surface area contributed by atoms with Crippen molar-refractivity contribution in [3.05, 3.63) is 28.2 Å². The smallest absolute Gasteiger partial charge is 0.223 e. The van der Waals surface area contributed by atoms with Gasteiger partial charge in [0.2, 0.25) is 5.43 Å². The van der Waals surface area contributed by atoms with Gasteiger partial charge in [-0.15, -0.1) is 0 Å². The summed E-state index contributed by atoms with van der Waals surface area (Å²) in [5.74, 6) is -0.104. The van der Waals surface area contributed by atoms with Gasteiger partial charge in [0.05, 0.1) is 5.69 Å². The predicted octanol–water partition coefficient (Wildman–Crippen LogP) is 6.34. The lowest BCUT2D eigenvalue weighted by Gasteiger charge is -2.11. The Balaban J connectivity index is 1.91. The number of unbranched alkanes of at least 4 members (excludes halogenated alkanes) is 13. The molecule has 0 bridgehead atoms. The summed E-state index contributed by atoms with van der Waals surface area (Å²) in [6.45, 7) is 4.97. The minimum Gasteiger partial charge on any atom is -0.503 e. The van der Waals surface area contributed by atoms with Gasteiger partial charge in [-0.2, -0.15) is 0 Å². The zero-order valence-corrected chi connectivity index (χ0v) is 16.6. The van der Waals surface area contributed by atoms with Crippen LogP contribution in [-0.2, 0) is 6.54 Å². The Labute approximate surface area is 154 Å². The van der Waals surface area contributed by atoms with E-state index < -0.39 is 0 Å². The van der Waals surface area contributed by atoms with Crippen molar-refractivity contribution in [3.63, 3.8) is 0 Å². The average Bonchev–Trinajstić information content (AvgIpc) is 2.61. The summed E-state index contributed by atoms with van der Waals surface area (Å²) in [6.07, 6.45) is 20.8. The molecule has 25 heavy (non-hydrogen) atoms. The van der Waals surface area contributed by atoms with Crippen LogP contribution in [-0.4, -0.2) is 9.67 Å². The van der Waals surface area contributed by atoms with E-state index in [2.05, 4.69) is 6.92 Å². The summed E-state index contributed by atoms with van der Waals surface area (Å²) in [4.78, 5) is 11.3. The maximum absolute atomic E-state index is 11.3. The molecule has 0 spiro atoms. The molecule has 1 heterocycles. The molecule has 3 nitrogen and oxygen atoms in total. The lowest BCUT2D eigenvalue weighted by atomic mass is 10.0. The van der Waals surface area contributed by atoms with Gasteiger partial charge in [0.25, 0.3) is 0 Å². The first kappa shape index (κ1) is 21.8. The number of pyridine rings is 1. The van der Waals surface area contributed by atoms with E-state index in [4.69, 9.17) is 0 Å². The van der Waals surface area contributed by atoms with Crippen molar-refractivity contribution in [3.8, 4) is 5.75 Å². The molecule has 0 unspecified atom stereocenters. The van der Waals surface area contributed by atoms with Crippen LogP contribution < -0.4 is 5.43 Å². The molecule has 1 N–H and O–H groups in total. The Morgan fingerprint density at radius 3 is 1.72 bits per heavy atom. The fraction of sp³-hybridized carbons (Fsp3) is 0.773. The van der Waals surface area contributed by atoms with E-state index in [1.807, 2.05) is 4.57 Å². The standard InChI is InChI=1S/C22H39NO2/c1-3-4-5-6-7-8-9-10-11-12-13-14-15-16-18-23-19-17-21(24)22(25)20(23)2/h17,19,25H,3-16,18H2,1-2H3. The Bertz CT molecular complexity index is 507. The van der Waals surface area contributed by atoms with Crippen molar-refractivity contribution in [1.29, 1.82) is 0 Å². The third-order valence-corrected chi connectivity index (χ3v) is 5.17. The normalized spacial score (nSPS) is 11.1. The topological polar surface area (TPSA) is 42.2 Å². The van der Waals surface area contributed by atoms with Gasteiger partial charge in [-0.1, -0.05) is 90.4 Å². The van der Waals surface area contributed by atoms with Crippen molar-refractivity contribution < 1.29 is 5.11 Å². The van der Waals surface area contributed by atoms with Crippen molar-refractivity contribution in [1.82, 2.24) is 4.57 Å². The monoisotopic (exact) mass is 349 g/mol. The third kappa shape index (κ3) is 9.72. The number of aromatic nitrogens is 1. The Hall–Kier alpha value is -1.25. The number of aryl methyl sites for hydroxylation is 1. The first-order valence-corrected chi connectivity index (χ1v) is 10.6. The first-order chi connectivity index (χ1) is 12.2. The van der Waals surface area contributed by atoms with Crippen LogP contribution >= 0.6 is 0 Å². The van der Waals surface area contributed by atoms with Gasteiger partial charge >= 0.3 is 0 Å². The number of hydrogen-bond acceptors (Lipinski definition) is 2. The van der Waals surface area contributed by atoms with Crippen LogP contribution in [0.5, 0.6) is 5.75 Å². The minimum absolute atomic E-state index is 0.104. The van der Waals surface area contributed by atoms with Gasteiger partial charge in [-0.25, -0.2) is 0 Å². The second-order valence-corrected chi connectivity index (χ2v) is 7.40. The van der Waals surface area contributed by atoms with Crippen molar-refractivity contribution >= 4 is 0 Å². The van der Waals surface area contributed by atoms with Gasteiger partial charge < -0.3 is 9.67 Å². The summed E-state index contributed by atoms with van der Waals surface area (Å²) >= 11 is 0. The number of aromatic hydroxyl groups is 1. The lowest BCUT2D eigenvalue weighted by Crippen LogP contribution is -2.10. The summed E-state index contributed by atoms with van der Waals surface area (Å²) in [6, 6.07) is 1.45. The molecular formula is C22H39NO2. The van der Waals surface area contributed by atoms with Crippen LogP contribution in [0.1, 0.15) is 103 Å². The van der Waals surface area contributed by atoms with Crippen molar-refractivity contribution in [2.75, 3.05) is 0 Å². The zero-order valence-electron chi connectivity index (χ0n) is 16.6. The fourth-order valence-electron chi connectivity index (χ4n) is 3.38. The van der Waals surface area contributed by atoms with E-state index in [9.17, 15) is 9.90 Å². The maximum atomic E-state index is 11.3. The van der Waals surface area contributed by atoms with E-state index in [1.165, 1.54) is 89.5 Å². The van der Waals surface area contributed by atoms with Crippen LogP contribution in [0.2, 0.25) is 0 Å². The predicted molar refractivity (Wildman–Crippen MR) is 107 cm³/mol. The maximum Gasteiger partial charge on any atom is 0.223 e. The minimum atomic E-state index is -0.283. The highest BCUT2D eigenvalue weighted by atomic mass is 16.3. The SMILES string of the molecule is CCCCCCCCCCCCCCCCn1ccc(=O)c(O)c1C. The zero-order chi connectivity index (χ0) is 18.3. The molecule has 0 aliphatic rings. The molecule has 144 valence electrons. The van der Waals surface area contributed by atoms with E-state index in [1.54, 1.807) is 13.1 Å². The van der Waals surface area contributed by atoms with E-state index in [0.717, 1.165) is 13.0 Å². The van der Waals surface area contributed by atoms with E-state index >= 15 is 0 Å². The number of nitrogens with zero attached hydrogens (tertiary/aromatic N) is 1. The largest absolute Gasteiger partial charge is 0.503 e. The highest BCUT2D eigenvalue weighted by Gasteiger charge is 2.04. The van der Waals surface area contributed by atoms with Gasteiger partial charge in [0.1, 0.15) is 0 Å². The van der Waals surface area contributed by atoms with Crippen molar-refractivity contribution in [2.45, 2.75) is 110 Å². The summed E-state index contributed by atoms with van der Waals surface area (Å²) in [7, 11) is 0. The average molecular weight is 350 g/mol. The molecule has 3 heteroatoms. The van der Waals surface area contributed by atoms with Gasteiger partial charge in [0, 0.05) is 18.8 Å². The van der Waals surface area contributed by atoms with Crippen LogP contribution in [0.4, 0.5) is 0 Å². The molecule has 1 aromatic heterocycles. The van der Waals surface area contributed by atoms with Gasteiger partial charge in [-0.05, 0) is 13.3 Å². The molecule has 0 amide bonds.